The number of rotatable bonds is 4. The Hall–Kier alpha value is -1.27. The summed E-state index contributed by atoms with van der Waals surface area (Å²) in [5, 5.41) is 3.82. The van der Waals surface area contributed by atoms with E-state index in [1.807, 2.05) is 30.5 Å². The van der Waals surface area contributed by atoms with Crippen LogP contribution in [0.15, 0.2) is 24.3 Å². The molecule has 6 heteroatoms. The highest BCUT2D eigenvalue weighted by Gasteiger charge is 2.27. The Labute approximate surface area is 154 Å². The molecule has 3 N–H and O–H groups in total. The number of nitrogens with one attached hydrogen (secondary N) is 3. The topological polar surface area (TPSA) is 53.2 Å². The standard InChI is InChI=1S/C18H27N3OS2/c1-12-6-4-9-16(13(12)2)19-18(23)21-20-17(22)15-8-5-7-14(10-15)11-24-3/h5,7-8,10,12-13,16H,4,6,9,11H2,1-3H3,(H,20,22)(H2,19,21,23)/t12-,13+,16-/m0/s1. The van der Waals surface area contributed by atoms with Gasteiger partial charge in [0, 0.05) is 17.4 Å². The van der Waals surface area contributed by atoms with Crippen LogP contribution in [0.5, 0.6) is 0 Å². The van der Waals surface area contributed by atoms with Crippen molar-refractivity contribution < 1.29 is 4.79 Å². The molecule has 1 amide bonds. The highest BCUT2D eigenvalue weighted by atomic mass is 32.2. The Kier molecular flexibility index (Phi) is 7.37. The molecular formula is C18H27N3OS2. The fraction of sp³-hybridized carbons (Fsp3) is 0.556. The van der Waals surface area contributed by atoms with E-state index >= 15 is 0 Å². The van der Waals surface area contributed by atoms with Gasteiger partial charge in [-0.25, -0.2) is 0 Å². The van der Waals surface area contributed by atoms with Crippen molar-refractivity contribution in [1.82, 2.24) is 16.2 Å². The van der Waals surface area contributed by atoms with Gasteiger partial charge in [0.25, 0.3) is 5.91 Å². The van der Waals surface area contributed by atoms with E-state index in [2.05, 4.69) is 30.0 Å². The average molecular weight is 366 g/mol. The Balaban J connectivity index is 1.82. The summed E-state index contributed by atoms with van der Waals surface area (Å²) in [5.41, 5.74) is 7.29. The highest BCUT2D eigenvalue weighted by molar-refractivity contribution is 7.97. The predicted octanol–water partition coefficient (Wildman–Crippen LogP) is 3.48. The maximum absolute atomic E-state index is 12.2. The normalized spacial score (nSPS) is 23.4. The van der Waals surface area contributed by atoms with Gasteiger partial charge in [-0.1, -0.05) is 38.8 Å². The summed E-state index contributed by atoms with van der Waals surface area (Å²) in [4.78, 5) is 12.2. The number of thioether (sulfide) groups is 1. The van der Waals surface area contributed by atoms with Crippen LogP contribution < -0.4 is 16.2 Å². The SMILES string of the molecule is CSCc1cccc(C(=O)NNC(=S)N[C@H]2CCC[C@H](C)[C@H]2C)c1. The molecule has 0 aliphatic heterocycles. The van der Waals surface area contributed by atoms with Gasteiger partial charge in [-0.3, -0.25) is 15.6 Å². The number of hydrazine groups is 1. The fourth-order valence-corrected chi connectivity index (χ4v) is 3.86. The van der Waals surface area contributed by atoms with E-state index in [9.17, 15) is 4.79 Å². The molecule has 0 aromatic heterocycles. The maximum Gasteiger partial charge on any atom is 0.269 e. The lowest BCUT2D eigenvalue weighted by molar-refractivity contribution is 0.0943. The zero-order valence-electron chi connectivity index (χ0n) is 14.6. The molecular weight excluding hydrogens is 338 g/mol. The minimum absolute atomic E-state index is 0.174. The molecule has 3 atom stereocenters. The van der Waals surface area contributed by atoms with Gasteiger partial charge < -0.3 is 5.32 Å². The lowest BCUT2D eigenvalue weighted by atomic mass is 9.78. The van der Waals surface area contributed by atoms with Crippen molar-refractivity contribution in [3.05, 3.63) is 35.4 Å². The number of amides is 1. The first-order valence-corrected chi connectivity index (χ1v) is 10.3. The first kappa shape index (κ1) is 19.1. The van der Waals surface area contributed by atoms with Crippen molar-refractivity contribution in [1.29, 1.82) is 0 Å². The minimum atomic E-state index is -0.174. The van der Waals surface area contributed by atoms with Gasteiger partial charge in [0.2, 0.25) is 0 Å². The number of thiocarbonyl (C=S) groups is 1. The molecule has 1 aliphatic carbocycles. The first-order chi connectivity index (χ1) is 11.5. The lowest BCUT2D eigenvalue weighted by Gasteiger charge is -2.35. The van der Waals surface area contributed by atoms with Crippen molar-refractivity contribution in [2.45, 2.75) is 44.9 Å². The van der Waals surface area contributed by atoms with Crippen LogP contribution in [-0.2, 0) is 5.75 Å². The summed E-state index contributed by atoms with van der Waals surface area (Å²) in [6.07, 6.45) is 5.67. The summed E-state index contributed by atoms with van der Waals surface area (Å²) in [7, 11) is 0. The van der Waals surface area contributed by atoms with Gasteiger partial charge in [-0.05, 0) is 54.4 Å². The number of hydrogen-bond donors (Lipinski definition) is 3. The molecule has 4 nitrogen and oxygen atoms in total. The predicted molar refractivity (Wildman–Crippen MR) is 106 cm³/mol. The Bertz CT molecular complexity index is 579. The smallest absolute Gasteiger partial charge is 0.269 e. The van der Waals surface area contributed by atoms with Crippen LogP contribution in [0.1, 0.15) is 49.0 Å². The number of benzene rings is 1. The summed E-state index contributed by atoms with van der Waals surface area (Å²) < 4.78 is 0. The van der Waals surface area contributed by atoms with E-state index < -0.39 is 0 Å². The van der Waals surface area contributed by atoms with Crippen molar-refractivity contribution in [2.75, 3.05) is 6.26 Å². The largest absolute Gasteiger partial charge is 0.358 e. The van der Waals surface area contributed by atoms with Crippen molar-refractivity contribution in [3.8, 4) is 0 Å². The van der Waals surface area contributed by atoms with E-state index in [4.69, 9.17) is 12.2 Å². The average Bonchev–Trinajstić information content (AvgIpc) is 2.57. The monoisotopic (exact) mass is 365 g/mol. The molecule has 0 radical (unpaired) electrons. The van der Waals surface area contributed by atoms with Crippen LogP contribution in [0.4, 0.5) is 0 Å². The zero-order valence-corrected chi connectivity index (χ0v) is 16.2. The van der Waals surface area contributed by atoms with E-state index in [1.165, 1.54) is 12.8 Å². The Morgan fingerprint density at radius 3 is 2.83 bits per heavy atom. The third-order valence-electron chi connectivity index (χ3n) is 4.81. The highest BCUT2D eigenvalue weighted by Crippen LogP contribution is 2.29. The second kappa shape index (κ2) is 9.28. The minimum Gasteiger partial charge on any atom is -0.358 e. The Morgan fingerprint density at radius 1 is 1.29 bits per heavy atom. The molecule has 24 heavy (non-hydrogen) atoms. The van der Waals surface area contributed by atoms with Crippen LogP contribution in [0.3, 0.4) is 0 Å². The molecule has 1 aliphatic rings. The number of carbonyl (C=O) groups is 1. The van der Waals surface area contributed by atoms with E-state index in [0.29, 0.717) is 28.6 Å². The molecule has 0 unspecified atom stereocenters. The van der Waals surface area contributed by atoms with Crippen molar-refractivity contribution >= 4 is 35.0 Å². The third-order valence-corrected chi connectivity index (χ3v) is 5.65. The summed E-state index contributed by atoms with van der Waals surface area (Å²) >= 11 is 7.06. The molecule has 1 aromatic rings. The van der Waals surface area contributed by atoms with Crippen LogP contribution in [0.2, 0.25) is 0 Å². The van der Waals surface area contributed by atoms with Crippen LogP contribution in [0, 0.1) is 11.8 Å². The van der Waals surface area contributed by atoms with Gasteiger partial charge >= 0.3 is 0 Å². The van der Waals surface area contributed by atoms with E-state index in [-0.39, 0.29) is 5.91 Å². The molecule has 0 heterocycles. The van der Waals surface area contributed by atoms with Gasteiger partial charge in [-0.15, -0.1) is 0 Å². The van der Waals surface area contributed by atoms with E-state index in [0.717, 1.165) is 17.7 Å². The van der Waals surface area contributed by atoms with Crippen molar-refractivity contribution in [2.24, 2.45) is 11.8 Å². The molecule has 132 valence electrons. The summed E-state index contributed by atoms with van der Waals surface area (Å²) in [6.45, 7) is 4.55. The van der Waals surface area contributed by atoms with Gasteiger partial charge in [-0.2, -0.15) is 11.8 Å². The quantitative estimate of drug-likeness (QED) is 0.563. The fourth-order valence-electron chi connectivity index (χ4n) is 3.14. The van der Waals surface area contributed by atoms with Crippen LogP contribution in [0.25, 0.3) is 0 Å². The lowest BCUT2D eigenvalue weighted by Crippen LogP contribution is -2.52. The number of hydrogen-bond acceptors (Lipinski definition) is 3. The second-order valence-corrected chi connectivity index (χ2v) is 7.83. The summed E-state index contributed by atoms with van der Waals surface area (Å²) in [6, 6.07) is 8.02. The van der Waals surface area contributed by atoms with Gasteiger partial charge in [0.05, 0.1) is 0 Å². The molecule has 0 spiro atoms. The first-order valence-electron chi connectivity index (χ1n) is 8.46. The summed E-state index contributed by atoms with van der Waals surface area (Å²) in [5.74, 6) is 2.00. The van der Waals surface area contributed by atoms with Crippen LogP contribution >= 0.6 is 24.0 Å². The van der Waals surface area contributed by atoms with E-state index in [1.54, 1.807) is 11.8 Å². The Morgan fingerprint density at radius 2 is 2.08 bits per heavy atom. The second-order valence-electron chi connectivity index (χ2n) is 6.56. The molecule has 0 bridgehead atoms. The molecule has 2 rings (SSSR count). The number of carbonyl (C=O) groups excluding carboxylic acids is 1. The molecule has 1 fully saturated rings. The molecule has 1 aromatic carbocycles. The zero-order chi connectivity index (χ0) is 17.5. The van der Waals surface area contributed by atoms with Crippen molar-refractivity contribution in [3.63, 3.8) is 0 Å². The third kappa shape index (κ3) is 5.38. The molecule has 1 saturated carbocycles. The maximum atomic E-state index is 12.2. The van der Waals surface area contributed by atoms with Gasteiger partial charge in [0.1, 0.15) is 0 Å². The van der Waals surface area contributed by atoms with Crippen LogP contribution in [-0.4, -0.2) is 23.3 Å². The molecule has 0 saturated heterocycles. The van der Waals surface area contributed by atoms with Gasteiger partial charge in [0.15, 0.2) is 5.11 Å².